The van der Waals surface area contributed by atoms with Crippen molar-refractivity contribution < 1.29 is 4.52 Å². The maximum absolute atomic E-state index is 6.04. The van der Waals surface area contributed by atoms with E-state index in [0.717, 1.165) is 16.5 Å². The smallest absolute Gasteiger partial charge is 0.243 e. The highest BCUT2D eigenvalue weighted by Crippen LogP contribution is 2.28. The molecule has 0 spiro atoms. The standard InChI is InChI=1S/C14H18BrN3O/c1-8(2)6-12(16)14-17-13(18-19-14)10-5-4-9(3)7-11(10)15/h4-5,7-8,12H,6,16H2,1-3H3/t12-/m1/s1. The second kappa shape index (κ2) is 5.84. The second-order valence-corrected chi connectivity index (χ2v) is 6.03. The molecule has 0 aliphatic heterocycles. The monoisotopic (exact) mass is 323 g/mol. The molecule has 4 nitrogen and oxygen atoms in total. The first-order valence-electron chi connectivity index (χ1n) is 6.33. The molecular weight excluding hydrogens is 306 g/mol. The molecule has 0 saturated carbocycles. The Balaban J connectivity index is 2.25. The topological polar surface area (TPSA) is 64.9 Å². The first kappa shape index (κ1) is 14.2. The minimum absolute atomic E-state index is 0.203. The number of hydrogen-bond acceptors (Lipinski definition) is 4. The van der Waals surface area contributed by atoms with Gasteiger partial charge in [-0.15, -0.1) is 0 Å². The van der Waals surface area contributed by atoms with Crippen molar-refractivity contribution in [3.63, 3.8) is 0 Å². The van der Waals surface area contributed by atoms with E-state index >= 15 is 0 Å². The Labute approximate surface area is 121 Å². The van der Waals surface area contributed by atoms with Crippen molar-refractivity contribution in [2.45, 2.75) is 33.2 Å². The molecule has 2 N–H and O–H groups in total. The van der Waals surface area contributed by atoms with E-state index in [1.807, 2.05) is 25.1 Å². The third kappa shape index (κ3) is 3.42. The quantitative estimate of drug-likeness (QED) is 0.927. The van der Waals surface area contributed by atoms with Gasteiger partial charge in [0.15, 0.2) is 0 Å². The number of nitrogens with zero attached hydrogens (tertiary/aromatic N) is 2. The normalized spacial score (nSPS) is 12.9. The summed E-state index contributed by atoms with van der Waals surface area (Å²) in [5, 5.41) is 4.01. The molecule has 2 aromatic rings. The Morgan fingerprint density at radius 1 is 1.37 bits per heavy atom. The van der Waals surface area contributed by atoms with Gasteiger partial charge in [-0.25, -0.2) is 0 Å². The number of benzene rings is 1. The lowest BCUT2D eigenvalue weighted by molar-refractivity contribution is 0.335. The first-order chi connectivity index (χ1) is 8.97. The van der Waals surface area contributed by atoms with E-state index in [9.17, 15) is 0 Å². The molecule has 0 amide bonds. The predicted molar refractivity (Wildman–Crippen MR) is 78.6 cm³/mol. The minimum atomic E-state index is -0.203. The Morgan fingerprint density at radius 3 is 2.74 bits per heavy atom. The van der Waals surface area contributed by atoms with Crippen LogP contribution in [0.15, 0.2) is 27.2 Å². The summed E-state index contributed by atoms with van der Waals surface area (Å²) in [5.41, 5.74) is 8.13. The zero-order chi connectivity index (χ0) is 14.0. The number of hydrogen-bond donors (Lipinski definition) is 1. The van der Waals surface area contributed by atoms with Crippen LogP contribution >= 0.6 is 15.9 Å². The van der Waals surface area contributed by atoms with Gasteiger partial charge in [0, 0.05) is 10.0 Å². The molecule has 0 aliphatic carbocycles. The summed E-state index contributed by atoms with van der Waals surface area (Å²) in [6.07, 6.45) is 0.830. The average molecular weight is 324 g/mol. The van der Waals surface area contributed by atoms with Gasteiger partial charge >= 0.3 is 0 Å². The van der Waals surface area contributed by atoms with Crippen LogP contribution in [0.25, 0.3) is 11.4 Å². The summed E-state index contributed by atoms with van der Waals surface area (Å²) in [6, 6.07) is 5.82. The zero-order valence-electron chi connectivity index (χ0n) is 11.4. The van der Waals surface area contributed by atoms with Crippen molar-refractivity contribution >= 4 is 15.9 Å². The summed E-state index contributed by atoms with van der Waals surface area (Å²) in [7, 11) is 0. The van der Waals surface area contributed by atoms with Gasteiger partial charge in [-0.3, -0.25) is 0 Å². The van der Waals surface area contributed by atoms with Crippen molar-refractivity contribution in [1.82, 2.24) is 10.1 Å². The van der Waals surface area contributed by atoms with E-state index < -0.39 is 0 Å². The largest absolute Gasteiger partial charge is 0.337 e. The van der Waals surface area contributed by atoms with Gasteiger partial charge in [0.25, 0.3) is 0 Å². The number of aromatic nitrogens is 2. The molecular formula is C14H18BrN3O. The molecule has 2 rings (SSSR count). The highest BCUT2D eigenvalue weighted by molar-refractivity contribution is 9.10. The fourth-order valence-corrected chi connectivity index (χ4v) is 2.58. The number of aryl methyl sites for hydroxylation is 1. The zero-order valence-corrected chi connectivity index (χ0v) is 12.9. The number of nitrogens with two attached hydrogens (primary N) is 1. The molecule has 102 valence electrons. The van der Waals surface area contributed by atoms with Crippen LogP contribution in [0.3, 0.4) is 0 Å². The van der Waals surface area contributed by atoms with E-state index in [1.54, 1.807) is 0 Å². The molecule has 1 heterocycles. The van der Waals surface area contributed by atoms with Gasteiger partial charge in [0.1, 0.15) is 0 Å². The maximum atomic E-state index is 6.04. The van der Waals surface area contributed by atoms with Crippen LogP contribution in [0.2, 0.25) is 0 Å². The molecule has 19 heavy (non-hydrogen) atoms. The van der Waals surface area contributed by atoms with Crippen LogP contribution < -0.4 is 5.73 Å². The van der Waals surface area contributed by atoms with E-state index in [1.165, 1.54) is 5.56 Å². The van der Waals surface area contributed by atoms with Crippen molar-refractivity contribution in [1.29, 1.82) is 0 Å². The molecule has 1 aromatic heterocycles. The van der Waals surface area contributed by atoms with Crippen molar-refractivity contribution in [3.8, 4) is 11.4 Å². The van der Waals surface area contributed by atoms with E-state index in [0.29, 0.717) is 17.6 Å². The molecule has 0 saturated heterocycles. The SMILES string of the molecule is Cc1ccc(-c2noc([C@H](N)CC(C)C)n2)c(Br)c1. The molecule has 0 radical (unpaired) electrons. The van der Waals surface area contributed by atoms with E-state index in [-0.39, 0.29) is 6.04 Å². The van der Waals surface area contributed by atoms with Crippen molar-refractivity contribution in [3.05, 3.63) is 34.1 Å². The van der Waals surface area contributed by atoms with Gasteiger partial charge < -0.3 is 10.3 Å². The molecule has 5 heteroatoms. The average Bonchev–Trinajstić information content (AvgIpc) is 2.77. The van der Waals surface area contributed by atoms with Gasteiger partial charge in [-0.2, -0.15) is 4.98 Å². The van der Waals surface area contributed by atoms with Crippen molar-refractivity contribution in [2.24, 2.45) is 11.7 Å². The Hall–Kier alpha value is -1.20. The summed E-state index contributed by atoms with van der Waals surface area (Å²) >= 11 is 3.52. The molecule has 0 aliphatic rings. The van der Waals surface area contributed by atoms with Crippen LogP contribution in [0.1, 0.15) is 37.8 Å². The Morgan fingerprint density at radius 2 is 2.11 bits per heavy atom. The minimum Gasteiger partial charge on any atom is -0.337 e. The highest BCUT2D eigenvalue weighted by Gasteiger charge is 2.17. The summed E-state index contributed by atoms with van der Waals surface area (Å²) in [5.74, 6) is 1.56. The first-order valence-corrected chi connectivity index (χ1v) is 7.12. The van der Waals surface area contributed by atoms with Crippen LogP contribution in [0.5, 0.6) is 0 Å². The molecule has 0 fully saturated rings. The van der Waals surface area contributed by atoms with Crippen LogP contribution in [-0.2, 0) is 0 Å². The van der Waals surface area contributed by atoms with Crippen LogP contribution in [-0.4, -0.2) is 10.1 Å². The van der Waals surface area contributed by atoms with Gasteiger partial charge in [0.2, 0.25) is 11.7 Å². The van der Waals surface area contributed by atoms with Crippen LogP contribution in [0.4, 0.5) is 0 Å². The van der Waals surface area contributed by atoms with Crippen LogP contribution in [0, 0.1) is 12.8 Å². The fourth-order valence-electron chi connectivity index (χ4n) is 1.91. The number of halogens is 1. The Kier molecular flexibility index (Phi) is 4.37. The van der Waals surface area contributed by atoms with E-state index in [2.05, 4.69) is 39.9 Å². The molecule has 0 unspecified atom stereocenters. The third-order valence-electron chi connectivity index (χ3n) is 2.85. The predicted octanol–water partition coefficient (Wildman–Crippen LogP) is 3.85. The van der Waals surface area contributed by atoms with Gasteiger partial charge in [-0.1, -0.05) is 41.0 Å². The molecule has 0 bridgehead atoms. The van der Waals surface area contributed by atoms with Gasteiger partial charge in [0.05, 0.1) is 6.04 Å². The summed E-state index contributed by atoms with van der Waals surface area (Å²) in [4.78, 5) is 4.39. The lowest BCUT2D eigenvalue weighted by atomic mass is 10.0. The number of rotatable bonds is 4. The lowest BCUT2D eigenvalue weighted by Crippen LogP contribution is -2.13. The van der Waals surface area contributed by atoms with Gasteiger partial charge in [-0.05, 0) is 37.0 Å². The maximum Gasteiger partial charge on any atom is 0.243 e. The van der Waals surface area contributed by atoms with Crippen molar-refractivity contribution in [2.75, 3.05) is 0 Å². The third-order valence-corrected chi connectivity index (χ3v) is 3.51. The molecule has 1 aromatic carbocycles. The highest BCUT2D eigenvalue weighted by atomic mass is 79.9. The summed E-state index contributed by atoms with van der Waals surface area (Å²) in [6.45, 7) is 6.27. The fraction of sp³-hybridized carbons (Fsp3) is 0.429. The van der Waals surface area contributed by atoms with E-state index in [4.69, 9.17) is 10.3 Å². The molecule has 1 atom stereocenters. The lowest BCUT2D eigenvalue weighted by Gasteiger charge is -2.08. The summed E-state index contributed by atoms with van der Waals surface area (Å²) < 4.78 is 6.22. The Bertz CT molecular complexity index is 566. The second-order valence-electron chi connectivity index (χ2n) is 5.18.